The van der Waals surface area contributed by atoms with E-state index < -0.39 is 0 Å². The molecule has 0 heterocycles. The molecule has 0 aromatic heterocycles. The van der Waals surface area contributed by atoms with Crippen molar-refractivity contribution in [1.82, 2.24) is 0 Å². The van der Waals surface area contributed by atoms with Crippen LogP contribution in [-0.4, -0.2) is 26.2 Å². The molecule has 7 heavy (non-hydrogen) atoms. The minimum absolute atomic E-state index is 0. The molecule has 0 aromatic rings. The van der Waals surface area contributed by atoms with Gasteiger partial charge in [-0.15, -0.1) is 0 Å². The van der Waals surface area contributed by atoms with Gasteiger partial charge in [-0.25, -0.2) is 0 Å². The number of rotatable bonds is 0. The fourth-order valence-electron chi connectivity index (χ4n) is 0. The molecule has 0 aliphatic rings. The van der Waals surface area contributed by atoms with Crippen LogP contribution in [0.5, 0.6) is 0 Å². The van der Waals surface area contributed by atoms with E-state index in [-0.39, 0.29) is 26.2 Å². The Bertz CT molecular complexity index is 10.1. The van der Waals surface area contributed by atoms with Crippen molar-refractivity contribution < 1.29 is 0 Å². The molecule has 0 atom stereocenters. The molecule has 0 aliphatic heterocycles. The van der Waals surface area contributed by atoms with Crippen molar-refractivity contribution in [2.45, 2.75) is 0 Å². The van der Waals surface area contributed by atoms with Crippen LogP contribution in [0, 0.1) is 15.6 Å². The Hall–Kier alpha value is 0.643. The van der Waals surface area contributed by atoms with Crippen molar-refractivity contribution in [3.8, 4) is 0 Å². The van der Waals surface area contributed by atoms with E-state index in [1.807, 2.05) is 0 Å². The van der Waals surface area contributed by atoms with Crippen LogP contribution in [0.3, 0.4) is 0 Å². The summed E-state index contributed by atoms with van der Waals surface area (Å²) < 4.78 is 0. The minimum Gasteiger partial charge on any atom is -0.790 e. The van der Waals surface area contributed by atoms with Gasteiger partial charge in [0.15, 0.2) is 0 Å². The molecule has 44 valence electrons. The molecule has 6 N–H and O–H groups in total. The van der Waals surface area contributed by atoms with Crippen LogP contribution in [0.1, 0.15) is 0 Å². The van der Waals surface area contributed by atoms with Gasteiger partial charge in [-0.1, -0.05) is 0 Å². The Morgan fingerprint density at radius 1 is 0.571 bits per heavy atom. The average Bonchev–Trinajstić information content (AvgIpc) is 1.81. The van der Waals surface area contributed by atoms with E-state index in [2.05, 4.69) is 17.7 Å². The molecule has 6 nitrogen and oxygen atoms in total. The summed E-state index contributed by atoms with van der Waals surface area (Å²) in [6.07, 6.45) is 0. The van der Waals surface area contributed by atoms with Crippen LogP contribution in [0.4, 0.5) is 0 Å². The molecular weight excluding hydrogens is 299 g/mol. The molecule has 0 unspecified atom stereocenters. The summed E-state index contributed by atoms with van der Waals surface area (Å²) in [4.78, 5) is 0. The van der Waals surface area contributed by atoms with Crippen molar-refractivity contribution in [3.63, 3.8) is 0 Å². The van der Waals surface area contributed by atoms with Crippen molar-refractivity contribution in [2.75, 3.05) is 0 Å². The molecule has 0 rings (SSSR count). The van der Waals surface area contributed by atoms with Gasteiger partial charge in [0.1, 0.15) is 0 Å². The topological polar surface area (TPSA) is 147 Å². The van der Waals surface area contributed by atoms with Gasteiger partial charge in [0.2, 0.25) is 0 Å². The van der Waals surface area contributed by atoms with Crippen LogP contribution >= 0.6 is 0 Å². The summed E-state index contributed by atoms with van der Waals surface area (Å²) in [6, 6.07) is 0. The SMILES string of the molecule is N[O-].N[O-].N[O-].[Bi+3]. The molecule has 0 bridgehead atoms. The van der Waals surface area contributed by atoms with Crippen molar-refractivity contribution in [1.29, 1.82) is 0 Å². The normalized spacial score (nSPS) is 2.57. The summed E-state index contributed by atoms with van der Waals surface area (Å²) in [6.45, 7) is 0. The first kappa shape index (κ1) is 25.4. The summed E-state index contributed by atoms with van der Waals surface area (Å²) >= 11 is 0. The maximum absolute atomic E-state index is 7.75. The molecule has 0 amide bonds. The summed E-state index contributed by atoms with van der Waals surface area (Å²) in [5, 5.41) is 23.2. The van der Waals surface area contributed by atoms with Gasteiger partial charge >= 0.3 is 26.2 Å². The third-order valence-electron chi connectivity index (χ3n) is 0. The molecular formula is H6BiN3O3. The Kier molecular flexibility index (Phi) is 1860. The first-order valence-corrected chi connectivity index (χ1v) is 0.707. The van der Waals surface area contributed by atoms with Crippen molar-refractivity contribution >= 4 is 26.2 Å². The Morgan fingerprint density at radius 3 is 0.571 bits per heavy atom. The maximum Gasteiger partial charge on any atom is 3.00 e. The summed E-state index contributed by atoms with van der Waals surface area (Å²) in [5.74, 6) is 9.75. The predicted octanol–water partition coefficient (Wildman–Crippen LogP) is -2.05. The quantitative estimate of drug-likeness (QED) is 0.346. The van der Waals surface area contributed by atoms with Gasteiger partial charge in [0, 0.05) is 0 Å². The summed E-state index contributed by atoms with van der Waals surface area (Å²) in [5.41, 5.74) is 0. The van der Waals surface area contributed by atoms with Crippen LogP contribution < -0.4 is 17.7 Å². The average molecular weight is 305 g/mol. The van der Waals surface area contributed by atoms with Gasteiger partial charge < -0.3 is 33.3 Å². The molecule has 2 radical (unpaired) electrons. The second-order valence-electron chi connectivity index (χ2n) is 0. The zero-order chi connectivity index (χ0) is 6.00. The monoisotopic (exact) mass is 305 g/mol. The molecule has 0 saturated carbocycles. The molecule has 7 heteroatoms. The zero-order valence-electron chi connectivity index (χ0n) is 3.40. The molecule has 0 aliphatic carbocycles. The smallest absolute Gasteiger partial charge is 0.790 e. The standard InChI is InChI=1S/Bi.3H2NO/c;3*1-2/h;3*1H2/q+3;3*-1. The van der Waals surface area contributed by atoms with Crippen LogP contribution in [0.15, 0.2) is 0 Å². The van der Waals surface area contributed by atoms with E-state index in [1.165, 1.54) is 0 Å². The van der Waals surface area contributed by atoms with Gasteiger partial charge in [-0.05, 0) is 0 Å². The number of nitrogens with two attached hydrogens (primary N) is 3. The number of hydrogen-bond acceptors (Lipinski definition) is 6. The number of hydrogen-bond donors (Lipinski definition) is 3. The van der Waals surface area contributed by atoms with E-state index in [4.69, 9.17) is 15.6 Å². The van der Waals surface area contributed by atoms with Crippen LogP contribution in [0.2, 0.25) is 0 Å². The van der Waals surface area contributed by atoms with E-state index >= 15 is 0 Å². The fraction of sp³-hybridized carbons (Fsp3) is 0. The second kappa shape index (κ2) is 511. The van der Waals surface area contributed by atoms with Crippen LogP contribution in [-0.2, 0) is 0 Å². The Balaban J connectivity index is -0.00000000900. The van der Waals surface area contributed by atoms with Crippen molar-refractivity contribution in [2.24, 2.45) is 17.7 Å². The van der Waals surface area contributed by atoms with E-state index in [9.17, 15) is 0 Å². The Labute approximate surface area is 59.9 Å². The third kappa shape index (κ3) is 346. The predicted molar refractivity (Wildman–Crippen MR) is 28.4 cm³/mol. The fourth-order valence-corrected chi connectivity index (χ4v) is 0. The summed E-state index contributed by atoms with van der Waals surface area (Å²) in [7, 11) is 0. The first-order valence-electron chi connectivity index (χ1n) is 0.707. The zero-order valence-corrected chi connectivity index (χ0v) is 6.88. The molecule has 0 aromatic carbocycles. The van der Waals surface area contributed by atoms with Gasteiger partial charge in [0.05, 0.1) is 0 Å². The molecule has 0 saturated heterocycles. The van der Waals surface area contributed by atoms with Gasteiger partial charge in [-0.3, -0.25) is 0 Å². The van der Waals surface area contributed by atoms with Crippen LogP contribution in [0.25, 0.3) is 0 Å². The maximum atomic E-state index is 7.75. The first-order chi connectivity index (χ1) is 3.00. The van der Waals surface area contributed by atoms with Crippen molar-refractivity contribution in [3.05, 3.63) is 15.6 Å². The van der Waals surface area contributed by atoms with E-state index in [0.717, 1.165) is 0 Å². The molecule has 0 spiro atoms. The molecule has 0 fully saturated rings. The van der Waals surface area contributed by atoms with Gasteiger partial charge in [0.25, 0.3) is 0 Å². The van der Waals surface area contributed by atoms with Gasteiger partial charge in [-0.2, -0.15) is 0 Å². The van der Waals surface area contributed by atoms with E-state index in [0.29, 0.717) is 0 Å². The minimum atomic E-state index is 0. The second-order valence-corrected chi connectivity index (χ2v) is 0. The third-order valence-corrected chi connectivity index (χ3v) is 0. The van der Waals surface area contributed by atoms with E-state index in [1.54, 1.807) is 0 Å². The largest absolute Gasteiger partial charge is 3.00 e. The Morgan fingerprint density at radius 2 is 0.571 bits per heavy atom.